The molecule has 2 aliphatic heterocycles. The average molecular weight is 487 g/mol. The summed E-state index contributed by atoms with van der Waals surface area (Å²) in [6, 6.07) is 6.49. The van der Waals surface area contributed by atoms with Gasteiger partial charge in [-0.2, -0.15) is 0 Å². The maximum absolute atomic E-state index is 6.02. The van der Waals surface area contributed by atoms with Crippen LogP contribution in [-0.4, -0.2) is 50.5 Å². The minimum Gasteiger partial charge on any atom is -0.454 e. The smallest absolute Gasteiger partial charge is 0.231 e. The molecule has 3 aliphatic rings. The number of nitrogens with zero attached hydrogens (tertiary/aromatic N) is 2. The van der Waals surface area contributed by atoms with Crippen LogP contribution < -0.4 is 14.8 Å². The van der Waals surface area contributed by atoms with E-state index in [2.05, 4.69) is 42.2 Å². The lowest BCUT2D eigenvalue weighted by atomic mass is 9.55. The fourth-order valence-corrected chi connectivity index (χ4v) is 4.69. The van der Waals surface area contributed by atoms with Crippen LogP contribution in [0.3, 0.4) is 0 Å². The number of guanidine groups is 1. The molecule has 2 heterocycles. The van der Waals surface area contributed by atoms with Crippen LogP contribution in [0.25, 0.3) is 0 Å². The molecule has 0 radical (unpaired) electrons. The van der Waals surface area contributed by atoms with Gasteiger partial charge in [-0.1, -0.05) is 19.9 Å². The number of aliphatic imine (C=N–C) groups is 1. The molecule has 3 atom stereocenters. The lowest BCUT2D eigenvalue weighted by Gasteiger charge is -2.60. The van der Waals surface area contributed by atoms with Crippen LogP contribution in [0.5, 0.6) is 11.5 Å². The van der Waals surface area contributed by atoms with Crippen molar-refractivity contribution in [2.24, 2.45) is 16.3 Å². The monoisotopic (exact) mass is 487 g/mol. The highest BCUT2D eigenvalue weighted by Gasteiger charge is 2.58. The summed E-state index contributed by atoms with van der Waals surface area (Å²) >= 11 is 0. The largest absolute Gasteiger partial charge is 0.454 e. The van der Waals surface area contributed by atoms with Gasteiger partial charge in [0, 0.05) is 44.6 Å². The van der Waals surface area contributed by atoms with E-state index >= 15 is 0 Å². The van der Waals surface area contributed by atoms with Crippen molar-refractivity contribution in [1.82, 2.24) is 10.2 Å². The second-order valence-corrected chi connectivity index (χ2v) is 8.13. The lowest BCUT2D eigenvalue weighted by Crippen LogP contribution is -2.71. The van der Waals surface area contributed by atoms with Gasteiger partial charge in [-0.3, -0.25) is 4.99 Å². The van der Waals surface area contributed by atoms with Crippen LogP contribution in [0.15, 0.2) is 23.2 Å². The summed E-state index contributed by atoms with van der Waals surface area (Å²) in [7, 11) is 3.92. The molecule has 1 saturated carbocycles. The molecular formula is C20H30IN3O3. The summed E-state index contributed by atoms with van der Waals surface area (Å²) in [6.45, 7) is 6.55. The van der Waals surface area contributed by atoms with Crippen LogP contribution in [0.2, 0.25) is 0 Å². The summed E-state index contributed by atoms with van der Waals surface area (Å²) in [6.07, 6.45) is 2.75. The van der Waals surface area contributed by atoms with E-state index in [-0.39, 0.29) is 29.4 Å². The van der Waals surface area contributed by atoms with Crippen molar-refractivity contribution in [3.63, 3.8) is 0 Å². The third-order valence-electron chi connectivity index (χ3n) is 6.05. The first kappa shape index (κ1) is 20.5. The van der Waals surface area contributed by atoms with Gasteiger partial charge >= 0.3 is 0 Å². The van der Waals surface area contributed by atoms with E-state index < -0.39 is 0 Å². The van der Waals surface area contributed by atoms with E-state index in [9.17, 15) is 0 Å². The first-order valence-corrected chi connectivity index (χ1v) is 9.45. The Labute approximate surface area is 178 Å². The first-order valence-electron chi connectivity index (χ1n) is 9.45. The summed E-state index contributed by atoms with van der Waals surface area (Å²) < 4.78 is 16.9. The Hall–Kier alpha value is -1.22. The first-order chi connectivity index (χ1) is 12.5. The highest BCUT2D eigenvalue weighted by atomic mass is 127. The van der Waals surface area contributed by atoms with E-state index in [1.165, 1.54) is 12.0 Å². The van der Waals surface area contributed by atoms with Gasteiger partial charge in [-0.25, -0.2) is 0 Å². The molecule has 27 heavy (non-hydrogen) atoms. The summed E-state index contributed by atoms with van der Waals surface area (Å²) in [5.74, 6) is 3.14. The fraction of sp³-hybridized carbons (Fsp3) is 0.650. The zero-order valence-corrected chi connectivity index (χ0v) is 18.9. The van der Waals surface area contributed by atoms with E-state index in [4.69, 9.17) is 14.2 Å². The minimum absolute atomic E-state index is 0. The van der Waals surface area contributed by atoms with Crippen molar-refractivity contribution in [2.75, 3.05) is 27.5 Å². The zero-order valence-electron chi connectivity index (χ0n) is 16.5. The highest BCUT2D eigenvalue weighted by molar-refractivity contribution is 14.0. The molecule has 1 saturated heterocycles. The molecule has 3 unspecified atom stereocenters. The summed E-state index contributed by atoms with van der Waals surface area (Å²) in [5.41, 5.74) is 1.30. The molecule has 2 fully saturated rings. The maximum atomic E-state index is 6.02. The normalized spacial score (nSPS) is 27.9. The zero-order chi connectivity index (χ0) is 18.3. The maximum Gasteiger partial charge on any atom is 0.231 e. The number of ether oxygens (including phenoxy) is 3. The van der Waals surface area contributed by atoms with Gasteiger partial charge in [0.15, 0.2) is 17.5 Å². The summed E-state index contributed by atoms with van der Waals surface area (Å²) in [4.78, 5) is 6.67. The van der Waals surface area contributed by atoms with Gasteiger partial charge in [-0.05, 0) is 30.5 Å². The van der Waals surface area contributed by atoms with Crippen molar-refractivity contribution in [3.05, 3.63) is 23.8 Å². The van der Waals surface area contributed by atoms with Crippen molar-refractivity contribution in [1.29, 1.82) is 0 Å². The SMILES string of the molecule is CN=C(NC1C2CCCOC2C1(C)C)N(C)Cc1ccc2c(c1)OCO2.I. The van der Waals surface area contributed by atoms with Crippen LogP contribution in [0.1, 0.15) is 32.3 Å². The molecule has 1 aliphatic carbocycles. The molecule has 6 nitrogen and oxygen atoms in total. The van der Waals surface area contributed by atoms with E-state index in [0.29, 0.717) is 24.9 Å². The topological polar surface area (TPSA) is 55.3 Å². The second-order valence-electron chi connectivity index (χ2n) is 8.13. The second kappa shape index (κ2) is 8.03. The van der Waals surface area contributed by atoms with Gasteiger partial charge in [0.05, 0.1) is 6.10 Å². The Morgan fingerprint density at radius 1 is 1.30 bits per heavy atom. The predicted octanol–water partition coefficient (Wildman–Crippen LogP) is 3.24. The molecular weight excluding hydrogens is 457 g/mol. The van der Waals surface area contributed by atoms with Crippen molar-refractivity contribution in [2.45, 2.75) is 45.4 Å². The number of hydrogen-bond donors (Lipinski definition) is 1. The average Bonchev–Trinajstić information content (AvgIpc) is 3.10. The van der Waals surface area contributed by atoms with Gasteiger partial charge in [0.25, 0.3) is 0 Å². The molecule has 1 aromatic rings. The Morgan fingerprint density at radius 2 is 2.07 bits per heavy atom. The number of benzene rings is 1. The van der Waals surface area contributed by atoms with Crippen LogP contribution in [0.4, 0.5) is 0 Å². The van der Waals surface area contributed by atoms with Crippen LogP contribution >= 0.6 is 24.0 Å². The minimum atomic E-state index is 0. The molecule has 150 valence electrons. The van der Waals surface area contributed by atoms with Crippen LogP contribution in [0, 0.1) is 11.3 Å². The predicted molar refractivity (Wildman–Crippen MR) is 116 cm³/mol. The number of fused-ring (bicyclic) bond motifs is 2. The highest BCUT2D eigenvalue weighted by Crippen LogP contribution is 2.51. The quantitative estimate of drug-likeness (QED) is 0.403. The lowest BCUT2D eigenvalue weighted by molar-refractivity contribution is -0.188. The molecule has 0 spiro atoms. The van der Waals surface area contributed by atoms with E-state index in [1.807, 2.05) is 19.2 Å². The van der Waals surface area contributed by atoms with Crippen LogP contribution in [-0.2, 0) is 11.3 Å². The number of rotatable bonds is 3. The summed E-state index contributed by atoms with van der Waals surface area (Å²) in [5, 5.41) is 3.70. The van der Waals surface area contributed by atoms with Crippen molar-refractivity contribution in [3.8, 4) is 11.5 Å². The third kappa shape index (κ3) is 3.72. The molecule has 0 aromatic heterocycles. The van der Waals surface area contributed by atoms with Gasteiger partial charge in [0.1, 0.15) is 0 Å². The Morgan fingerprint density at radius 3 is 2.85 bits per heavy atom. The molecule has 7 heteroatoms. The number of hydrogen-bond acceptors (Lipinski definition) is 4. The Bertz CT molecular complexity index is 710. The van der Waals surface area contributed by atoms with Gasteiger partial charge in [0.2, 0.25) is 6.79 Å². The van der Waals surface area contributed by atoms with E-state index in [0.717, 1.165) is 37.0 Å². The molecule has 4 rings (SSSR count). The molecule has 1 N–H and O–H groups in total. The molecule has 0 amide bonds. The number of nitrogens with one attached hydrogen (secondary N) is 1. The molecule has 1 aromatic carbocycles. The van der Waals surface area contributed by atoms with Crippen molar-refractivity contribution < 1.29 is 14.2 Å². The standard InChI is InChI=1S/C20H29N3O3.HI/c1-20(2)17(14-6-5-9-24-18(14)20)22-19(21-3)23(4)11-13-7-8-15-16(10-13)26-12-25-15;/h7-8,10,14,17-18H,5-6,9,11-12H2,1-4H3,(H,21,22);1H. The van der Waals surface area contributed by atoms with E-state index in [1.54, 1.807) is 0 Å². The Kier molecular flexibility index (Phi) is 6.10. The fourth-order valence-electron chi connectivity index (χ4n) is 4.69. The molecule has 0 bridgehead atoms. The van der Waals surface area contributed by atoms with Crippen molar-refractivity contribution >= 4 is 29.9 Å². The van der Waals surface area contributed by atoms with Gasteiger partial charge < -0.3 is 24.4 Å². The third-order valence-corrected chi connectivity index (χ3v) is 6.05. The van der Waals surface area contributed by atoms with Gasteiger partial charge in [-0.15, -0.1) is 24.0 Å². The Balaban J connectivity index is 0.00000210. The number of halogens is 1.